The molecular weight excluding hydrogens is 344 g/mol. The van der Waals surface area contributed by atoms with E-state index in [1.54, 1.807) is 20.8 Å². The van der Waals surface area contributed by atoms with Crippen LogP contribution in [0.1, 0.15) is 59.3 Å². The van der Waals surface area contributed by atoms with Crippen LogP contribution in [-0.2, 0) is 14.4 Å². The number of ketones is 1. The Bertz CT molecular complexity index is 616. The number of alkyl halides is 2. The summed E-state index contributed by atoms with van der Waals surface area (Å²) in [6.07, 6.45) is 0.0281. The number of aliphatic imine (C=N–C) groups is 1. The van der Waals surface area contributed by atoms with Crippen LogP contribution < -0.4 is 5.73 Å². The van der Waals surface area contributed by atoms with Gasteiger partial charge in [0.2, 0.25) is 11.8 Å². The van der Waals surface area contributed by atoms with E-state index in [1.807, 2.05) is 0 Å². The smallest absolute Gasteiger partial charge is 0.270 e. The second-order valence-electron chi connectivity index (χ2n) is 8.26. The minimum atomic E-state index is -2.70. The van der Waals surface area contributed by atoms with Gasteiger partial charge in [0.15, 0.2) is 0 Å². The summed E-state index contributed by atoms with van der Waals surface area (Å²) in [5.41, 5.74) is 5.13. The summed E-state index contributed by atoms with van der Waals surface area (Å²) in [4.78, 5) is 41.9. The molecule has 2 fully saturated rings. The monoisotopic (exact) mass is 371 g/mol. The fraction of sp³-hybridized carbons (Fsp3) is 0.778. The number of amidine groups is 1. The van der Waals surface area contributed by atoms with Crippen molar-refractivity contribution in [3.8, 4) is 0 Å². The fourth-order valence-electron chi connectivity index (χ4n) is 3.11. The maximum absolute atomic E-state index is 13.2. The third-order valence-electron chi connectivity index (χ3n) is 5.09. The molecule has 2 N–H and O–H groups in total. The second-order valence-corrected chi connectivity index (χ2v) is 8.26. The Morgan fingerprint density at radius 1 is 1.15 bits per heavy atom. The van der Waals surface area contributed by atoms with Crippen molar-refractivity contribution in [3.63, 3.8) is 0 Å². The molecule has 0 aromatic heterocycles. The van der Waals surface area contributed by atoms with Gasteiger partial charge in [0.25, 0.3) is 5.91 Å². The first kappa shape index (κ1) is 20.5. The first-order chi connectivity index (χ1) is 11.9. The highest BCUT2D eigenvalue weighted by Gasteiger charge is 2.43. The molecule has 0 spiro atoms. The topological polar surface area (TPSA) is 92.8 Å². The summed E-state index contributed by atoms with van der Waals surface area (Å²) in [6, 6.07) is -0.701. The Labute approximate surface area is 152 Å². The van der Waals surface area contributed by atoms with Crippen LogP contribution in [0.3, 0.4) is 0 Å². The quantitative estimate of drug-likeness (QED) is 0.606. The average molecular weight is 371 g/mol. The Hall–Kier alpha value is -1.86. The Kier molecular flexibility index (Phi) is 5.82. The van der Waals surface area contributed by atoms with Crippen LogP contribution in [0.2, 0.25) is 0 Å². The number of likely N-dealkylation sites (tertiary alicyclic amines) is 1. The molecule has 0 bridgehead atoms. The molecule has 6 nitrogen and oxygen atoms in total. The number of carbonyl (C=O) groups is 3. The molecular formula is C18H27F2N3O3. The zero-order chi connectivity index (χ0) is 19.7. The van der Waals surface area contributed by atoms with Gasteiger partial charge in [-0.1, -0.05) is 20.8 Å². The largest absolute Gasteiger partial charge is 0.387 e. The Morgan fingerprint density at radius 3 is 2.19 bits per heavy atom. The van der Waals surface area contributed by atoms with E-state index in [9.17, 15) is 23.2 Å². The van der Waals surface area contributed by atoms with Crippen molar-refractivity contribution in [1.82, 2.24) is 4.90 Å². The number of hydrogen-bond donors (Lipinski definition) is 1. The minimum absolute atomic E-state index is 0.0634. The molecule has 0 aromatic carbocycles. The molecule has 2 rings (SSSR count). The highest BCUT2D eigenvalue weighted by molar-refractivity contribution is 6.07. The summed E-state index contributed by atoms with van der Waals surface area (Å²) in [7, 11) is 0. The van der Waals surface area contributed by atoms with Gasteiger partial charge >= 0.3 is 0 Å². The summed E-state index contributed by atoms with van der Waals surface area (Å²) in [5, 5.41) is 0. The zero-order valence-corrected chi connectivity index (χ0v) is 15.6. The summed E-state index contributed by atoms with van der Waals surface area (Å²) in [5.74, 6) is -4.16. The molecule has 2 aliphatic rings. The molecule has 1 saturated heterocycles. The number of carbonyl (C=O) groups excluding carboxylic acids is 3. The molecule has 26 heavy (non-hydrogen) atoms. The zero-order valence-electron chi connectivity index (χ0n) is 15.6. The van der Waals surface area contributed by atoms with E-state index < -0.39 is 29.2 Å². The predicted molar refractivity (Wildman–Crippen MR) is 92.7 cm³/mol. The van der Waals surface area contributed by atoms with E-state index in [1.165, 1.54) is 4.90 Å². The van der Waals surface area contributed by atoms with Gasteiger partial charge in [-0.25, -0.2) is 8.78 Å². The normalized spacial score (nSPS) is 24.1. The van der Waals surface area contributed by atoms with Crippen LogP contribution in [0.4, 0.5) is 8.78 Å². The van der Waals surface area contributed by atoms with Crippen molar-refractivity contribution in [1.29, 1.82) is 0 Å². The lowest BCUT2D eigenvalue weighted by molar-refractivity contribution is -0.152. The van der Waals surface area contributed by atoms with Crippen molar-refractivity contribution < 1.29 is 23.2 Å². The van der Waals surface area contributed by atoms with E-state index in [4.69, 9.17) is 5.73 Å². The molecule has 0 aromatic rings. The molecule has 1 saturated carbocycles. The maximum atomic E-state index is 13.2. The van der Waals surface area contributed by atoms with Gasteiger partial charge in [0.05, 0.1) is 6.42 Å². The summed E-state index contributed by atoms with van der Waals surface area (Å²) >= 11 is 0. The molecule has 2 amide bonds. The van der Waals surface area contributed by atoms with Crippen LogP contribution in [-0.4, -0.2) is 46.8 Å². The molecule has 0 radical (unpaired) electrons. The molecule has 1 aliphatic carbocycles. The fourth-order valence-corrected chi connectivity index (χ4v) is 3.11. The molecule has 8 heteroatoms. The van der Waals surface area contributed by atoms with E-state index >= 15 is 0 Å². The number of amides is 2. The average Bonchev–Trinajstić information content (AvgIpc) is 2.44. The summed E-state index contributed by atoms with van der Waals surface area (Å²) < 4.78 is 26.5. The van der Waals surface area contributed by atoms with Gasteiger partial charge < -0.3 is 10.6 Å². The number of rotatable bonds is 4. The van der Waals surface area contributed by atoms with Gasteiger partial charge in [-0.2, -0.15) is 4.99 Å². The highest BCUT2D eigenvalue weighted by Crippen LogP contribution is 2.38. The first-order valence-electron chi connectivity index (χ1n) is 8.99. The lowest BCUT2D eigenvalue weighted by Gasteiger charge is -2.42. The van der Waals surface area contributed by atoms with E-state index in [2.05, 4.69) is 4.99 Å². The minimum Gasteiger partial charge on any atom is -0.387 e. The number of halogens is 2. The third kappa shape index (κ3) is 4.86. The SMILES string of the molecule is CC(C)(C)C(=O)CC(N)=NC(=O)C1CCN1C(=O)C1CCC(F)(F)CC1. The van der Waals surface area contributed by atoms with Crippen LogP contribution in [0.15, 0.2) is 4.99 Å². The Morgan fingerprint density at radius 2 is 1.73 bits per heavy atom. The molecule has 146 valence electrons. The third-order valence-corrected chi connectivity index (χ3v) is 5.09. The highest BCUT2D eigenvalue weighted by atomic mass is 19.3. The molecule has 1 heterocycles. The maximum Gasteiger partial charge on any atom is 0.270 e. The van der Waals surface area contributed by atoms with Crippen molar-refractivity contribution in [3.05, 3.63) is 0 Å². The summed E-state index contributed by atoms with van der Waals surface area (Å²) in [6.45, 7) is 5.68. The number of nitrogens with zero attached hydrogens (tertiary/aromatic N) is 2. The number of nitrogens with two attached hydrogens (primary N) is 1. The van der Waals surface area contributed by atoms with Gasteiger partial charge in [-0.15, -0.1) is 0 Å². The number of hydrogen-bond acceptors (Lipinski definition) is 3. The van der Waals surface area contributed by atoms with Gasteiger partial charge in [0, 0.05) is 30.7 Å². The van der Waals surface area contributed by atoms with E-state index in [-0.39, 0.29) is 49.6 Å². The predicted octanol–water partition coefficient (Wildman–Crippen LogP) is 2.30. The number of Topliss-reactive ketones (excluding diaryl/α,β-unsaturated/α-hetero) is 1. The van der Waals surface area contributed by atoms with Crippen molar-refractivity contribution in [2.75, 3.05) is 6.54 Å². The van der Waals surface area contributed by atoms with Crippen molar-refractivity contribution >= 4 is 23.4 Å². The second kappa shape index (κ2) is 7.40. The lowest BCUT2D eigenvalue weighted by Crippen LogP contribution is -2.57. The van der Waals surface area contributed by atoms with Crippen LogP contribution in [0, 0.1) is 11.3 Å². The standard InChI is InChI=1S/C18H27F2N3O3/c1-17(2,3)13(24)10-14(21)22-15(25)12-6-9-23(12)16(26)11-4-7-18(19,20)8-5-11/h11-12H,4-10H2,1-3H3,(H2,21,22,25). The molecule has 1 atom stereocenters. The lowest BCUT2D eigenvalue weighted by atomic mass is 9.84. The first-order valence-corrected chi connectivity index (χ1v) is 8.99. The van der Waals surface area contributed by atoms with Gasteiger partial charge in [0.1, 0.15) is 17.7 Å². The van der Waals surface area contributed by atoms with Crippen molar-refractivity contribution in [2.45, 2.75) is 71.3 Å². The molecule has 1 aliphatic heterocycles. The Balaban J connectivity index is 1.93. The van der Waals surface area contributed by atoms with Crippen LogP contribution in [0.5, 0.6) is 0 Å². The van der Waals surface area contributed by atoms with Crippen molar-refractivity contribution in [2.24, 2.45) is 22.1 Å². The van der Waals surface area contributed by atoms with E-state index in [0.29, 0.717) is 13.0 Å². The van der Waals surface area contributed by atoms with Crippen LogP contribution in [0.25, 0.3) is 0 Å². The van der Waals surface area contributed by atoms with Crippen LogP contribution >= 0.6 is 0 Å². The van der Waals surface area contributed by atoms with E-state index in [0.717, 1.165) is 0 Å². The van der Waals surface area contributed by atoms with Gasteiger partial charge in [-0.3, -0.25) is 14.4 Å². The molecule has 1 unspecified atom stereocenters. The van der Waals surface area contributed by atoms with Gasteiger partial charge in [-0.05, 0) is 19.3 Å².